The lowest BCUT2D eigenvalue weighted by molar-refractivity contribution is -0.131. The van der Waals surface area contributed by atoms with Gasteiger partial charge in [-0.2, -0.15) is 0 Å². The van der Waals surface area contributed by atoms with Gasteiger partial charge in [-0.05, 0) is 40.2 Å². The van der Waals surface area contributed by atoms with E-state index < -0.39 is 6.04 Å². The normalized spacial score (nSPS) is 22.0. The lowest BCUT2D eigenvalue weighted by Gasteiger charge is -2.24. The van der Waals surface area contributed by atoms with Crippen LogP contribution >= 0.6 is 0 Å². The van der Waals surface area contributed by atoms with Crippen LogP contribution in [0.3, 0.4) is 0 Å². The minimum Gasteiger partial charge on any atom is -0.352 e. The summed E-state index contributed by atoms with van der Waals surface area (Å²) in [5, 5.41) is 8.73. The zero-order valence-corrected chi connectivity index (χ0v) is 10.9. The van der Waals surface area contributed by atoms with Crippen molar-refractivity contribution < 1.29 is 9.59 Å². The molecule has 3 N–H and O–H groups in total. The molecule has 0 aliphatic carbocycles. The van der Waals surface area contributed by atoms with Crippen molar-refractivity contribution in [2.75, 3.05) is 13.1 Å². The first-order chi connectivity index (χ1) is 8.00. The second-order valence-corrected chi connectivity index (χ2v) is 4.94. The number of piperidine rings is 1. The smallest absolute Gasteiger partial charge is 0.242 e. The maximum absolute atomic E-state index is 11.9. The van der Waals surface area contributed by atoms with Crippen LogP contribution in [-0.2, 0) is 9.59 Å². The Balaban J connectivity index is 2.36. The van der Waals surface area contributed by atoms with E-state index in [9.17, 15) is 9.59 Å². The van der Waals surface area contributed by atoms with E-state index in [0.29, 0.717) is 6.54 Å². The van der Waals surface area contributed by atoms with Crippen molar-refractivity contribution in [1.82, 2.24) is 16.0 Å². The van der Waals surface area contributed by atoms with Gasteiger partial charge in [0.2, 0.25) is 11.8 Å². The Morgan fingerprint density at radius 1 is 1.24 bits per heavy atom. The van der Waals surface area contributed by atoms with E-state index in [0.717, 1.165) is 19.4 Å². The van der Waals surface area contributed by atoms with Crippen molar-refractivity contribution in [3.05, 3.63) is 0 Å². The van der Waals surface area contributed by atoms with Crippen LogP contribution in [0.4, 0.5) is 0 Å². The summed E-state index contributed by atoms with van der Waals surface area (Å²) in [5.41, 5.74) is 0. The summed E-state index contributed by atoms with van der Waals surface area (Å²) >= 11 is 0. The van der Waals surface area contributed by atoms with Crippen LogP contribution in [0.25, 0.3) is 0 Å². The molecule has 2 amide bonds. The largest absolute Gasteiger partial charge is 0.352 e. The number of amides is 2. The maximum atomic E-state index is 11.9. The molecule has 0 aromatic rings. The highest BCUT2D eigenvalue weighted by Gasteiger charge is 2.24. The molecule has 98 valence electrons. The van der Waals surface area contributed by atoms with Gasteiger partial charge in [0.1, 0.15) is 6.04 Å². The van der Waals surface area contributed by atoms with Gasteiger partial charge in [0.15, 0.2) is 0 Å². The number of hydrogen-bond acceptors (Lipinski definition) is 3. The van der Waals surface area contributed by atoms with E-state index in [2.05, 4.69) is 16.0 Å². The highest BCUT2D eigenvalue weighted by Crippen LogP contribution is 2.09. The van der Waals surface area contributed by atoms with E-state index in [1.54, 1.807) is 6.92 Å². The molecule has 1 saturated heterocycles. The Labute approximate surface area is 103 Å². The first-order valence-electron chi connectivity index (χ1n) is 6.32. The first-order valence-corrected chi connectivity index (χ1v) is 6.32. The summed E-state index contributed by atoms with van der Waals surface area (Å²) < 4.78 is 0. The Hall–Kier alpha value is -1.10. The summed E-state index contributed by atoms with van der Waals surface area (Å²) in [6.07, 6.45) is 1.92. The molecular formula is C12H23N3O2. The van der Waals surface area contributed by atoms with E-state index >= 15 is 0 Å². The minimum atomic E-state index is -0.466. The average Bonchev–Trinajstić information content (AvgIpc) is 2.29. The topological polar surface area (TPSA) is 70.2 Å². The van der Waals surface area contributed by atoms with Crippen LogP contribution in [0.15, 0.2) is 0 Å². The zero-order chi connectivity index (χ0) is 12.8. The van der Waals surface area contributed by atoms with Gasteiger partial charge < -0.3 is 16.0 Å². The fourth-order valence-electron chi connectivity index (χ4n) is 1.88. The van der Waals surface area contributed by atoms with Crippen molar-refractivity contribution in [1.29, 1.82) is 0 Å². The lowest BCUT2D eigenvalue weighted by atomic mass is 9.98. The van der Waals surface area contributed by atoms with E-state index in [1.807, 2.05) is 13.8 Å². The third kappa shape index (κ3) is 4.73. The van der Waals surface area contributed by atoms with Gasteiger partial charge in [0, 0.05) is 12.6 Å². The van der Waals surface area contributed by atoms with Crippen molar-refractivity contribution in [2.45, 2.75) is 45.7 Å². The predicted molar refractivity (Wildman–Crippen MR) is 66.5 cm³/mol. The summed E-state index contributed by atoms with van der Waals surface area (Å²) in [4.78, 5) is 23.5. The monoisotopic (exact) mass is 241 g/mol. The van der Waals surface area contributed by atoms with Gasteiger partial charge in [-0.1, -0.05) is 0 Å². The number of hydrogen-bond donors (Lipinski definition) is 3. The van der Waals surface area contributed by atoms with Crippen LogP contribution in [0.2, 0.25) is 0 Å². The molecule has 0 aromatic carbocycles. The number of carbonyl (C=O) groups excluding carboxylic acids is 2. The van der Waals surface area contributed by atoms with Crippen LogP contribution in [0, 0.1) is 5.92 Å². The van der Waals surface area contributed by atoms with Crippen LogP contribution < -0.4 is 16.0 Å². The summed E-state index contributed by atoms with van der Waals surface area (Å²) in [6, 6.07) is -0.370. The quantitative estimate of drug-likeness (QED) is 0.649. The standard InChI is InChI=1S/C12H23N3O2/c1-8(2)14-11(16)9(3)15-12(17)10-5-4-6-13-7-10/h8-10,13H,4-7H2,1-3H3,(H,14,16)(H,15,17)/t9?,10-/m0/s1. The number of rotatable bonds is 4. The van der Waals surface area contributed by atoms with Gasteiger partial charge in [-0.15, -0.1) is 0 Å². The van der Waals surface area contributed by atoms with Crippen molar-refractivity contribution in [3.8, 4) is 0 Å². The molecule has 1 heterocycles. The van der Waals surface area contributed by atoms with Gasteiger partial charge in [0.05, 0.1) is 5.92 Å². The fraction of sp³-hybridized carbons (Fsp3) is 0.833. The lowest BCUT2D eigenvalue weighted by Crippen LogP contribution is -2.50. The predicted octanol–water partition coefficient (Wildman–Crippen LogP) is 0.0153. The molecule has 0 spiro atoms. The van der Waals surface area contributed by atoms with Gasteiger partial charge in [-0.3, -0.25) is 9.59 Å². The third-order valence-corrected chi connectivity index (χ3v) is 2.85. The van der Waals surface area contributed by atoms with Crippen molar-refractivity contribution in [2.24, 2.45) is 5.92 Å². The molecule has 0 radical (unpaired) electrons. The van der Waals surface area contributed by atoms with E-state index in [-0.39, 0.29) is 23.8 Å². The van der Waals surface area contributed by atoms with Gasteiger partial charge >= 0.3 is 0 Å². The second-order valence-electron chi connectivity index (χ2n) is 4.94. The molecule has 1 unspecified atom stereocenters. The summed E-state index contributed by atoms with van der Waals surface area (Å²) in [6.45, 7) is 7.21. The second kappa shape index (κ2) is 6.59. The van der Waals surface area contributed by atoms with E-state index in [1.165, 1.54) is 0 Å². The van der Waals surface area contributed by atoms with Crippen LogP contribution in [0.1, 0.15) is 33.6 Å². The van der Waals surface area contributed by atoms with Gasteiger partial charge in [0.25, 0.3) is 0 Å². The Bertz CT molecular complexity index is 273. The van der Waals surface area contributed by atoms with Crippen molar-refractivity contribution in [3.63, 3.8) is 0 Å². The van der Waals surface area contributed by atoms with E-state index in [4.69, 9.17) is 0 Å². The molecule has 0 aromatic heterocycles. The molecule has 1 aliphatic heterocycles. The highest BCUT2D eigenvalue weighted by molar-refractivity contribution is 5.88. The molecule has 5 nitrogen and oxygen atoms in total. The highest BCUT2D eigenvalue weighted by atomic mass is 16.2. The minimum absolute atomic E-state index is 0.00181. The number of carbonyl (C=O) groups is 2. The van der Waals surface area contributed by atoms with Crippen molar-refractivity contribution >= 4 is 11.8 Å². The Kier molecular flexibility index (Phi) is 5.41. The molecule has 17 heavy (non-hydrogen) atoms. The Morgan fingerprint density at radius 3 is 2.47 bits per heavy atom. The Morgan fingerprint density at radius 2 is 1.94 bits per heavy atom. The van der Waals surface area contributed by atoms with Crippen LogP contribution in [0.5, 0.6) is 0 Å². The molecule has 5 heteroatoms. The average molecular weight is 241 g/mol. The van der Waals surface area contributed by atoms with Gasteiger partial charge in [-0.25, -0.2) is 0 Å². The zero-order valence-electron chi connectivity index (χ0n) is 10.9. The summed E-state index contributed by atoms with van der Waals surface area (Å²) in [5.74, 6) is -0.154. The molecule has 0 saturated carbocycles. The number of nitrogens with one attached hydrogen (secondary N) is 3. The summed E-state index contributed by atoms with van der Waals surface area (Å²) in [7, 11) is 0. The maximum Gasteiger partial charge on any atom is 0.242 e. The molecular weight excluding hydrogens is 218 g/mol. The van der Waals surface area contributed by atoms with Crippen LogP contribution in [-0.4, -0.2) is 37.0 Å². The molecule has 0 bridgehead atoms. The molecule has 2 atom stereocenters. The molecule has 1 fully saturated rings. The SMILES string of the molecule is CC(C)NC(=O)C(C)NC(=O)[C@H]1CCCNC1. The fourth-order valence-corrected chi connectivity index (χ4v) is 1.88. The first kappa shape index (κ1) is 14.0. The third-order valence-electron chi connectivity index (χ3n) is 2.85. The molecule has 1 rings (SSSR count). The molecule has 1 aliphatic rings.